The Morgan fingerprint density at radius 3 is 2.20 bits per heavy atom. The van der Waals surface area contributed by atoms with E-state index in [1.165, 1.54) is 14.0 Å². The van der Waals surface area contributed by atoms with Gasteiger partial charge in [0.05, 0.1) is 35.9 Å². The molecule has 5 N–H and O–H groups in total. The monoisotopic (exact) mass is 862 g/mol. The predicted octanol–water partition coefficient (Wildman–Crippen LogP) is 3.82. The Labute approximate surface area is 360 Å². The smallest absolute Gasteiger partial charge is 0.407 e. The van der Waals surface area contributed by atoms with Crippen molar-refractivity contribution in [2.24, 2.45) is 17.8 Å². The van der Waals surface area contributed by atoms with Crippen molar-refractivity contribution in [2.75, 3.05) is 41.3 Å². The number of carbonyl (C=O) groups excluding carboxylic acids is 2. The molecule has 0 spiro atoms. The van der Waals surface area contributed by atoms with E-state index in [2.05, 4.69) is 12.2 Å². The highest BCUT2D eigenvalue weighted by atomic mass is 16.7. The summed E-state index contributed by atoms with van der Waals surface area (Å²) >= 11 is 0. The standard InChI is InChI=1S/C44H83N3O13/c1-16-18-19-20-45-41(51)60-38-30(8)56-33(23-43(38,10)54-15)58-35-27(5)37(59-40-34(48)31(46(12)13)21-26(4)55-40)42(9,52)22-25(3)24-47(14)29(7)36(49)44(11,53)32(17-2)57-39(50)28(35)6/h25-38,40,48-49,52-53H,16-24H2,1-15H3,(H,45,51)/t25-,26-,27+,28-,29-,30+,31+,32-,33+,34-,35+,36-,37-,38+,40+,42-,43-,44-/m1/s1. The normalized spacial score (nSPS) is 44.4. The number of rotatable bonds is 12. The summed E-state index contributed by atoms with van der Waals surface area (Å²) in [6, 6.07) is -0.848. The van der Waals surface area contributed by atoms with Crippen LogP contribution in [-0.2, 0) is 38.0 Å². The van der Waals surface area contributed by atoms with Crippen molar-refractivity contribution in [3.63, 3.8) is 0 Å². The SMILES string of the molecule is CCCCCNC(=O)O[C@H]1[C@H](C)O[C@@H](O[C@H]2[C@H](C)[C@@H](O[C@@H]3O[C@H](C)C[C@H](N(C)C)[C@H]3O)[C@](C)(O)C[C@@H](C)CN(C)[C@H](C)[C@@H](O)[C@](C)(O)[C@@H](CC)OC(=O)[C@@H]2C)C[C@@]1(C)OC. The fourth-order valence-electron chi connectivity index (χ4n) is 9.67. The third-order valence-electron chi connectivity index (χ3n) is 13.4. The van der Waals surface area contributed by atoms with Gasteiger partial charge >= 0.3 is 12.1 Å². The summed E-state index contributed by atoms with van der Waals surface area (Å²) in [5.41, 5.74) is -4.49. The number of alkyl carbamates (subject to hydrolysis) is 1. The largest absolute Gasteiger partial charge is 0.459 e. The van der Waals surface area contributed by atoms with Crippen LogP contribution in [0.2, 0.25) is 0 Å². The molecular formula is C44H83N3O13. The van der Waals surface area contributed by atoms with Crippen LogP contribution in [0.15, 0.2) is 0 Å². The van der Waals surface area contributed by atoms with E-state index in [-0.39, 0.29) is 37.3 Å². The summed E-state index contributed by atoms with van der Waals surface area (Å²) in [6.45, 7) is 20.7. The molecule has 18 atom stereocenters. The van der Waals surface area contributed by atoms with Gasteiger partial charge in [-0.15, -0.1) is 0 Å². The number of hydrogen-bond donors (Lipinski definition) is 5. The highest BCUT2D eigenvalue weighted by Crippen LogP contribution is 2.41. The second-order valence-electron chi connectivity index (χ2n) is 19.2. The second kappa shape index (κ2) is 22.3. The van der Waals surface area contributed by atoms with Gasteiger partial charge in [0, 0.05) is 44.6 Å². The van der Waals surface area contributed by atoms with E-state index >= 15 is 0 Å². The second-order valence-corrected chi connectivity index (χ2v) is 19.2. The summed E-state index contributed by atoms with van der Waals surface area (Å²) in [6.07, 6.45) is -6.21. The van der Waals surface area contributed by atoms with Gasteiger partial charge in [-0.25, -0.2) is 4.79 Å². The summed E-state index contributed by atoms with van der Waals surface area (Å²) in [4.78, 5) is 31.2. The molecule has 0 radical (unpaired) electrons. The van der Waals surface area contributed by atoms with Gasteiger partial charge in [-0.1, -0.05) is 40.5 Å². The molecule has 0 bridgehead atoms. The maximum Gasteiger partial charge on any atom is 0.407 e. The summed E-state index contributed by atoms with van der Waals surface area (Å²) in [5.74, 6) is -2.71. The highest BCUT2D eigenvalue weighted by molar-refractivity contribution is 5.73. The molecule has 0 aliphatic carbocycles. The van der Waals surface area contributed by atoms with Gasteiger partial charge in [0.2, 0.25) is 0 Å². The Balaban J connectivity index is 2.12. The van der Waals surface area contributed by atoms with Crippen molar-refractivity contribution in [1.82, 2.24) is 15.1 Å². The number of ether oxygens (including phenoxy) is 7. The van der Waals surface area contributed by atoms with Crippen LogP contribution in [0.5, 0.6) is 0 Å². The third-order valence-corrected chi connectivity index (χ3v) is 13.4. The van der Waals surface area contributed by atoms with Crippen molar-refractivity contribution in [2.45, 2.75) is 211 Å². The Morgan fingerprint density at radius 2 is 1.62 bits per heavy atom. The van der Waals surface area contributed by atoms with Crippen LogP contribution >= 0.6 is 0 Å². The average Bonchev–Trinajstić information content (AvgIpc) is 3.16. The molecule has 1 amide bonds. The molecule has 0 saturated carbocycles. The lowest BCUT2D eigenvalue weighted by Crippen LogP contribution is -2.61. The molecule has 3 fully saturated rings. The molecule has 3 heterocycles. The van der Waals surface area contributed by atoms with Crippen LogP contribution in [0, 0.1) is 17.8 Å². The van der Waals surface area contributed by atoms with Crippen molar-refractivity contribution in [3.05, 3.63) is 0 Å². The van der Waals surface area contributed by atoms with Gasteiger partial charge in [0.15, 0.2) is 18.7 Å². The number of hydrogen-bond acceptors (Lipinski definition) is 15. The Hall–Kier alpha value is -1.70. The van der Waals surface area contributed by atoms with Crippen LogP contribution in [0.3, 0.4) is 0 Å². The first-order valence-corrected chi connectivity index (χ1v) is 22.3. The summed E-state index contributed by atoms with van der Waals surface area (Å²) in [7, 11) is 7.14. The number of cyclic esters (lactones) is 1. The lowest BCUT2D eigenvalue weighted by atomic mass is 9.77. The van der Waals surface area contributed by atoms with Gasteiger partial charge in [-0.3, -0.25) is 4.79 Å². The van der Waals surface area contributed by atoms with E-state index in [1.54, 1.807) is 34.6 Å². The molecule has 16 heteroatoms. The quantitative estimate of drug-likeness (QED) is 0.140. The Bertz CT molecular complexity index is 1340. The fourth-order valence-corrected chi connectivity index (χ4v) is 9.67. The number of likely N-dealkylation sites (N-methyl/N-ethyl adjacent to an activating group) is 2. The topological polar surface area (TPSA) is 198 Å². The molecule has 3 saturated heterocycles. The number of aliphatic hydroxyl groups excluding tert-OH is 2. The number of amides is 1. The Kier molecular flexibility index (Phi) is 19.5. The van der Waals surface area contributed by atoms with E-state index < -0.39 is 102 Å². The number of nitrogens with one attached hydrogen (secondary N) is 1. The van der Waals surface area contributed by atoms with E-state index in [0.29, 0.717) is 19.5 Å². The lowest BCUT2D eigenvalue weighted by Gasteiger charge is -2.49. The minimum Gasteiger partial charge on any atom is -0.459 e. The molecule has 3 rings (SSSR count). The van der Waals surface area contributed by atoms with Crippen LogP contribution in [0.4, 0.5) is 4.79 Å². The molecular weight excluding hydrogens is 778 g/mol. The highest BCUT2D eigenvalue weighted by Gasteiger charge is 2.53. The van der Waals surface area contributed by atoms with Crippen LogP contribution in [0.25, 0.3) is 0 Å². The zero-order valence-electron chi connectivity index (χ0n) is 39.4. The van der Waals surface area contributed by atoms with E-state index in [9.17, 15) is 30.0 Å². The first-order valence-electron chi connectivity index (χ1n) is 22.3. The van der Waals surface area contributed by atoms with Gasteiger partial charge < -0.3 is 68.7 Å². The third kappa shape index (κ3) is 13.0. The molecule has 0 unspecified atom stereocenters. The van der Waals surface area contributed by atoms with E-state index in [1.807, 2.05) is 58.6 Å². The van der Waals surface area contributed by atoms with Crippen LogP contribution in [-0.4, -0.2) is 174 Å². The van der Waals surface area contributed by atoms with Crippen molar-refractivity contribution >= 4 is 12.1 Å². The van der Waals surface area contributed by atoms with E-state index in [0.717, 1.165) is 19.3 Å². The molecule has 0 aromatic rings. The molecule has 16 nitrogen and oxygen atoms in total. The number of esters is 1. The number of carbonyl (C=O) groups is 2. The van der Waals surface area contributed by atoms with Crippen LogP contribution in [0.1, 0.15) is 121 Å². The number of unbranched alkanes of at least 4 members (excludes halogenated alkanes) is 2. The first-order chi connectivity index (χ1) is 27.8. The fraction of sp³-hybridized carbons (Fsp3) is 0.955. The van der Waals surface area contributed by atoms with Crippen molar-refractivity contribution in [3.8, 4) is 0 Å². The molecule has 352 valence electrons. The summed E-state index contributed by atoms with van der Waals surface area (Å²) < 4.78 is 44.3. The first kappa shape index (κ1) is 52.6. The minimum atomic E-state index is -1.83. The zero-order valence-corrected chi connectivity index (χ0v) is 39.4. The van der Waals surface area contributed by atoms with Crippen molar-refractivity contribution in [1.29, 1.82) is 0 Å². The van der Waals surface area contributed by atoms with Crippen molar-refractivity contribution < 1.29 is 63.2 Å². The number of aliphatic hydroxyl groups is 4. The van der Waals surface area contributed by atoms with Gasteiger partial charge in [0.25, 0.3) is 0 Å². The minimum absolute atomic E-state index is 0.0980. The molecule has 0 aromatic heterocycles. The molecule has 3 aliphatic rings. The molecule has 0 aromatic carbocycles. The lowest BCUT2D eigenvalue weighted by molar-refractivity contribution is -0.317. The molecule has 60 heavy (non-hydrogen) atoms. The summed E-state index contributed by atoms with van der Waals surface area (Å²) in [5, 5.41) is 50.5. The van der Waals surface area contributed by atoms with Gasteiger partial charge in [-0.2, -0.15) is 0 Å². The maximum absolute atomic E-state index is 14.4. The molecule has 3 aliphatic heterocycles. The van der Waals surface area contributed by atoms with Gasteiger partial charge in [-0.05, 0) is 101 Å². The number of nitrogens with zero attached hydrogens (tertiary/aromatic N) is 2. The average molecular weight is 862 g/mol. The van der Waals surface area contributed by atoms with E-state index in [4.69, 9.17) is 33.2 Å². The maximum atomic E-state index is 14.4. The predicted molar refractivity (Wildman–Crippen MR) is 226 cm³/mol. The van der Waals surface area contributed by atoms with Gasteiger partial charge in [0.1, 0.15) is 29.5 Å². The van der Waals surface area contributed by atoms with Crippen LogP contribution < -0.4 is 5.32 Å². The Morgan fingerprint density at radius 1 is 0.967 bits per heavy atom. The zero-order chi connectivity index (χ0) is 45.5. The number of methoxy groups -OCH3 is 1.